The third-order valence-corrected chi connectivity index (χ3v) is 2.20. The number of carbonyl (C=O) groups is 1. The second-order valence-corrected chi connectivity index (χ2v) is 2.97. The molecule has 5 heteroatoms. The van der Waals surface area contributed by atoms with Crippen LogP contribution in [0.1, 0.15) is 21.7 Å². The number of thiophene rings is 1. The maximum atomic E-state index is 12.0. The van der Waals surface area contributed by atoms with E-state index < -0.39 is 12.4 Å². The molecule has 0 unspecified atom stereocenters. The van der Waals surface area contributed by atoms with Gasteiger partial charge in [0.2, 0.25) is 0 Å². The molecule has 0 aliphatic carbocycles. The predicted octanol–water partition coefficient (Wildman–Crippen LogP) is 2.47. The number of halogens is 2. The average Bonchev–Trinajstić information content (AvgIpc) is 2.51. The van der Waals surface area contributed by atoms with Crippen molar-refractivity contribution in [2.24, 2.45) is 0 Å². The van der Waals surface area contributed by atoms with Gasteiger partial charge in [-0.25, -0.2) is 13.6 Å². The summed E-state index contributed by atoms with van der Waals surface area (Å²) in [7, 11) is 1.21. The fourth-order valence-electron chi connectivity index (χ4n) is 0.692. The molecule has 1 rings (SSSR count). The predicted molar refractivity (Wildman–Crippen MR) is 40.6 cm³/mol. The topological polar surface area (TPSA) is 26.3 Å². The number of hydrogen-bond donors (Lipinski definition) is 0. The van der Waals surface area contributed by atoms with Crippen LogP contribution in [0.2, 0.25) is 0 Å². The van der Waals surface area contributed by atoms with E-state index in [4.69, 9.17) is 0 Å². The molecular weight excluding hydrogens is 186 g/mol. The highest BCUT2D eigenvalue weighted by molar-refractivity contribution is 7.10. The molecule has 1 heterocycles. The van der Waals surface area contributed by atoms with E-state index >= 15 is 0 Å². The van der Waals surface area contributed by atoms with E-state index in [0.29, 0.717) is 0 Å². The van der Waals surface area contributed by atoms with Gasteiger partial charge in [0, 0.05) is 5.38 Å². The lowest BCUT2D eigenvalue weighted by Gasteiger charge is -1.92. The Labute approximate surface area is 71.8 Å². The summed E-state index contributed by atoms with van der Waals surface area (Å²) in [6.07, 6.45) is -2.52. The molecule has 0 atom stereocenters. The first kappa shape index (κ1) is 9.12. The van der Waals surface area contributed by atoms with Gasteiger partial charge in [-0.05, 0) is 6.07 Å². The number of hydrogen-bond acceptors (Lipinski definition) is 3. The second-order valence-electron chi connectivity index (χ2n) is 2.03. The standard InChI is InChI=1S/C7H6F2O2S/c1-11-7(10)4-2-5(6(8)9)12-3-4/h2-3,6H,1H3. The summed E-state index contributed by atoms with van der Waals surface area (Å²) in [5.74, 6) is -0.585. The third kappa shape index (κ3) is 1.79. The molecule has 0 saturated heterocycles. The number of esters is 1. The first-order valence-electron chi connectivity index (χ1n) is 3.10. The van der Waals surface area contributed by atoms with Crippen molar-refractivity contribution in [3.63, 3.8) is 0 Å². The van der Waals surface area contributed by atoms with Gasteiger partial charge < -0.3 is 4.74 Å². The molecule has 1 aromatic heterocycles. The Kier molecular flexibility index (Phi) is 2.75. The first-order valence-corrected chi connectivity index (χ1v) is 3.98. The molecule has 0 amide bonds. The Morgan fingerprint density at radius 1 is 1.67 bits per heavy atom. The summed E-state index contributed by atoms with van der Waals surface area (Å²) in [4.78, 5) is 10.7. The van der Waals surface area contributed by atoms with Gasteiger partial charge >= 0.3 is 5.97 Å². The quantitative estimate of drug-likeness (QED) is 0.673. The molecule has 2 nitrogen and oxygen atoms in total. The Hall–Kier alpha value is -0.970. The Bertz CT molecular complexity index is 283. The molecule has 0 aliphatic rings. The van der Waals surface area contributed by atoms with Gasteiger partial charge in [0.05, 0.1) is 17.6 Å². The summed E-state index contributed by atoms with van der Waals surface area (Å²) in [6.45, 7) is 0. The maximum absolute atomic E-state index is 12.0. The zero-order valence-electron chi connectivity index (χ0n) is 6.21. The minimum atomic E-state index is -2.52. The van der Waals surface area contributed by atoms with Crippen LogP contribution in [0.4, 0.5) is 8.78 Å². The number of ether oxygens (including phenoxy) is 1. The van der Waals surface area contributed by atoms with Crippen LogP contribution in [0.3, 0.4) is 0 Å². The lowest BCUT2D eigenvalue weighted by molar-refractivity contribution is 0.0601. The highest BCUT2D eigenvalue weighted by Crippen LogP contribution is 2.26. The number of methoxy groups -OCH3 is 1. The SMILES string of the molecule is COC(=O)c1csc(C(F)F)c1. The zero-order valence-corrected chi connectivity index (χ0v) is 7.03. The Balaban J connectivity index is 2.84. The molecule has 0 spiro atoms. The minimum absolute atomic E-state index is 0.115. The van der Waals surface area contributed by atoms with Gasteiger partial charge in [-0.2, -0.15) is 0 Å². The summed E-state index contributed by atoms with van der Waals surface area (Å²) < 4.78 is 28.4. The molecule has 0 saturated carbocycles. The van der Waals surface area contributed by atoms with E-state index in [-0.39, 0.29) is 10.4 Å². The van der Waals surface area contributed by atoms with E-state index in [1.54, 1.807) is 0 Å². The first-order chi connectivity index (χ1) is 5.65. The molecule has 0 aliphatic heterocycles. The van der Waals surface area contributed by atoms with Gasteiger partial charge in [-0.3, -0.25) is 0 Å². The summed E-state index contributed by atoms with van der Waals surface area (Å²) >= 11 is 0.851. The summed E-state index contributed by atoms with van der Waals surface area (Å²) in [5, 5.41) is 1.35. The monoisotopic (exact) mass is 192 g/mol. The maximum Gasteiger partial charge on any atom is 0.338 e. The fraction of sp³-hybridized carbons (Fsp3) is 0.286. The van der Waals surface area contributed by atoms with Crippen LogP contribution in [0, 0.1) is 0 Å². The molecule has 0 radical (unpaired) electrons. The number of carbonyl (C=O) groups excluding carboxylic acids is 1. The Morgan fingerprint density at radius 3 is 2.75 bits per heavy atom. The van der Waals surface area contributed by atoms with Crippen molar-refractivity contribution in [1.82, 2.24) is 0 Å². The molecule has 0 fully saturated rings. The molecule has 0 N–H and O–H groups in total. The van der Waals surface area contributed by atoms with E-state index in [9.17, 15) is 13.6 Å². The van der Waals surface area contributed by atoms with Crippen LogP contribution in [-0.4, -0.2) is 13.1 Å². The van der Waals surface area contributed by atoms with Crippen LogP contribution in [0.25, 0.3) is 0 Å². The fourth-order valence-corrected chi connectivity index (χ4v) is 1.42. The van der Waals surface area contributed by atoms with Gasteiger partial charge in [0.15, 0.2) is 0 Å². The van der Waals surface area contributed by atoms with Gasteiger partial charge in [-0.15, -0.1) is 11.3 Å². The van der Waals surface area contributed by atoms with Crippen molar-refractivity contribution in [1.29, 1.82) is 0 Å². The van der Waals surface area contributed by atoms with Crippen molar-refractivity contribution < 1.29 is 18.3 Å². The van der Waals surface area contributed by atoms with Crippen molar-refractivity contribution in [3.8, 4) is 0 Å². The van der Waals surface area contributed by atoms with Crippen LogP contribution < -0.4 is 0 Å². The van der Waals surface area contributed by atoms with Crippen molar-refractivity contribution in [3.05, 3.63) is 21.9 Å². The highest BCUT2D eigenvalue weighted by Gasteiger charge is 2.13. The van der Waals surface area contributed by atoms with Crippen LogP contribution in [-0.2, 0) is 4.74 Å². The smallest absolute Gasteiger partial charge is 0.338 e. The van der Waals surface area contributed by atoms with E-state index in [0.717, 1.165) is 17.4 Å². The third-order valence-electron chi connectivity index (χ3n) is 1.26. The van der Waals surface area contributed by atoms with E-state index in [2.05, 4.69) is 4.74 Å². The number of alkyl halides is 2. The van der Waals surface area contributed by atoms with Crippen molar-refractivity contribution in [2.45, 2.75) is 6.43 Å². The van der Waals surface area contributed by atoms with Gasteiger partial charge in [-0.1, -0.05) is 0 Å². The average molecular weight is 192 g/mol. The van der Waals surface area contributed by atoms with Gasteiger partial charge in [0.1, 0.15) is 0 Å². The largest absolute Gasteiger partial charge is 0.465 e. The number of rotatable bonds is 2. The molecular formula is C7H6F2O2S. The second kappa shape index (κ2) is 3.62. The van der Waals surface area contributed by atoms with E-state index in [1.165, 1.54) is 12.5 Å². The molecule has 12 heavy (non-hydrogen) atoms. The molecule has 66 valence electrons. The van der Waals surface area contributed by atoms with Crippen molar-refractivity contribution >= 4 is 17.3 Å². The van der Waals surface area contributed by atoms with Crippen LogP contribution in [0.15, 0.2) is 11.4 Å². The van der Waals surface area contributed by atoms with Gasteiger partial charge in [0.25, 0.3) is 6.43 Å². The van der Waals surface area contributed by atoms with Crippen LogP contribution in [0.5, 0.6) is 0 Å². The minimum Gasteiger partial charge on any atom is -0.465 e. The highest BCUT2D eigenvalue weighted by atomic mass is 32.1. The van der Waals surface area contributed by atoms with Crippen LogP contribution >= 0.6 is 11.3 Å². The normalized spacial score (nSPS) is 10.3. The lowest BCUT2D eigenvalue weighted by atomic mass is 10.3. The summed E-state index contributed by atoms with van der Waals surface area (Å²) in [5.41, 5.74) is 0.179. The lowest BCUT2D eigenvalue weighted by Crippen LogP contribution is -1.98. The Morgan fingerprint density at radius 2 is 2.33 bits per heavy atom. The van der Waals surface area contributed by atoms with Crippen molar-refractivity contribution in [2.75, 3.05) is 7.11 Å². The summed E-state index contributed by atoms with van der Waals surface area (Å²) in [6, 6.07) is 1.14. The van der Waals surface area contributed by atoms with E-state index in [1.807, 2.05) is 0 Å². The molecule has 0 aromatic carbocycles. The molecule has 0 bridgehead atoms. The molecule has 1 aromatic rings. The zero-order chi connectivity index (χ0) is 9.14.